The first-order valence-electron chi connectivity index (χ1n) is 5.58. The molecule has 1 rings (SSSR count). The first kappa shape index (κ1) is 14.7. The molecule has 0 saturated heterocycles. The van der Waals surface area contributed by atoms with Crippen molar-refractivity contribution in [2.75, 3.05) is 25.6 Å². The van der Waals surface area contributed by atoms with Gasteiger partial charge >= 0.3 is 0 Å². The number of sulfonamides is 1. The Labute approximate surface area is 107 Å². The lowest BCUT2D eigenvalue weighted by molar-refractivity contribution is 0.101. The van der Waals surface area contributed by atoms with Crippen LogP contribution in [0.15, 0.2) is 23.1 Å². The molecule has 0 bridgehead atoms. The van der Waals surface area contributed by atoms with Gasteiger partial charge in [-0.25, -0.2) is 13.6 Å². The summed E-state index contributed by atoms with van der Waals surface area (Å²) in [5.74, 6) is 0.486. The number of hydrogen-bond donors (Lipinski definition) is 2. The van der Waals surface area contributed by atoms with E-state index in [4.69, 9.17) is 20.3 Å². The van der Waals surface area contributed by atoms with E-state index < -0.39 is 10.0 Å². The maximum atomic E-state index is 11.1. The molecule has 6 nitrogen and oxygen atoms in total. The number of ether oxygens (including phenoxy) is 2. The number of anilines is 1. The molecule has 0 spiro atoms. The zero-order valence-electron chi connectivity index (χ0n) is 10.3. The van der Waals surface area contributed by atoms with Crippen molar-refractivity contribution in [2.45, 2.75) is 18.2 Å². The lowest BCUT2D eigenvalue weighted by Gasteiger charge is -2.09. The topological polar surface area (TPSA) is 105 Å². The molecule has 0 aliphatic heterocycles. The summed E-state index contributed by atoms with van der Waals surface area (Å²) >= 11 is 0. The van der Waals surface area contributed by atoms with Crippen LogP contribution in [0.4, 0.5) is 5.69 Å². The molecule has 0 fully saturated rings. The van der Waals surface area contributed by atoms with E-state index in [-0.39, 0.29) is 10.6 Å². The van der Waals surface area contributed by atoms with Crippen molar-refractivity contribution >= 4 is 15.7 Å². The van der Waals surface area contributed by atoms with E-state index in [1.165, 1.54) is 18.2 Å². The number of rotatable bonds is 7. The average molecular weight is 274 g/mol. The zero-order chi connectivity index (χ0) is 13.6. The largest absolute Gasteiger partial charge is 0.491 e. The van der Waals surface area contributed by atoms with Crippen LogP contribution in [0.2, 0.25) is 0 Å². The summed E-state index contributed by atoms with van der Waals surface area (Å²) in [6.07, 6.45) is 0.954. The molecule has 18 heavy (non-hydrogen) atoms. The molecule has 0 heterocycles. The quantitative estimate of drug-likeness (QED) is 0.563. The van der Waals surface area contributed by atoms with Gasteiger partial charge in [0.15, 0.2) is 0 Å². The number of hydrogen-bond acceptors (Lipinski definition) is 5. The fourth-order valence-corrected chi connectivity index (χ4v) is 1.99. The molecule has 0 amide bonds. The highest BCUT2D eigenvalue weighted by atomic mass is 32.2. The standard InChI is InChI=1S/C11H18N2O4S/c1-2-5-16-6-7-17-9-3-4-11(10(12)8-9)18(13,14)15/h3-4,8H,2,5-7,12H2,1H3,(H2,13,14,15). The van der Waals surface area contributed by atoms with Crippen molar-refractivity contribution in [2.24, 2.45) is 5.14 Å². The third-order valence-electron chi connectivity index (χ3n) is 2.13. The third-order valence-corrected chi connectivity index (χ3v) is 3.12. The Hall–Kier alpha value is -1.31. The lowest BCUT2D eigenvalue weighted by atomic mass is 10.3. The van der Waals surface area contributed by atoms with Crippen LogP contribution in [-0.4, -0.2) is 28.2 Å². The van der Waals surface area contributed by atoms with Crippen LogP contribution in [0.25, 0.3) is 0 Å². The molecule has 0 radical (unpaired) electrons. The van der Waals surface area contributed by atoms with Gasteiger partial charge in [0, 0.05) is 12.7 Å². The molecule has 4 N–H and O–H groups in total. The Bertz CT molecular complexity index is 488. The summed E-state index contributed by atoms with van der Waals surface area (Å²) in [6.45, 7) is 3.57. The van der Waals surface area contributed by atoms with E-state index in [1.807, 2.05) is 6.92 Å². The summed E-state index contributed by atoms with van der Waals surface area (Å²) in [7, 11) is -3.79. The van der Waals surface area contributed by atoms with Crippen LogP contribution in [-0.2, 0) is 14.8 Å². The van der Waals surface area contributed by atoms with Gasteiger partial charge in [-0.3, -0.25) is 0 Å². The van der Waals surface area contributed by atoms with Crippen LogP contribution < -0.4 is 15.6 Å². The maximum absolute atomic E-state index is 11.1. The van der Waals surface area contributed by atoms with E-state index in [0.29, 0.717) is 25.6 Å². The van der Waals surface area contributed by atoms with Gasteiger partial charge in [-0.15, -0.1) is 0 Å². The van der Waals surface area contributed by atoms with Gasteiger partial charge in [0.05, 0.1) is 12.3 Å². The first-order chi connectivity index (χ1) is 8.45. The second kappa shape index (κ2) is 6.58. The van der Waals surface area contributed by atoms with Crippen molar-refractivity contribution in [3.63, 3.8) is 0 Å². The molecule has 1 aromatic carbocycles. The summed E-state index contributed by atoms with van der Waals surface area (Å²) in [6, 6.07) is 4.27. The fraction of sp³-hybridized carbons (Fsp3) is 0.455. The molecule has 0 unspecified atom stereocenters. The minimum Gasteiger partial charge on any atom is -0.491 e. The minimum atomic E-state index is -3.79. The van der Waals surface area contributed by atoms with Crippen LogP contribution >= 0.6 is 0 Å². The van der Waals surface area contributed by atoms with Gasteiger partial charge in [0.2, 0.25) is 10.0 Å². The Morgan fingerprint density at radius 1 is 1.22 bits per heavy atom. The highest BCUT2D eigenvalue weighted by molar-refractivity contribution is 7.89. The maximum Gasteiger partial charge on any atom is 0.240 e. The smallest absolute Gasteiger partial charge is 0.240 e. The van der Waals surface area contributed by atoms with Crippen molar-refractivity contribution < 1.29 is 17.9 Å². The highest BCUT2D eigenvalue weighted by Crippen LogP contribution is 2.22. The van der Waals surface area contributed by atoms with Gasteiger partial charge in [-0.05, 0) is 18.6 Å². The molecule has 7 heteroatoms. The summed E-state index contributed by atoms with van der Waals surface area (Å²) < 4.78 is 32.9. The molecule has 0 aliphatic rings. The average Bonchev–Trinajstić information content (AvgIpc) is 2.27. The van der Waals surface area contributed by atoms with E-state index in [9.17, 15) is 8.42 Å². The van der Waals surface area contributed by atoms with Gasteiger partial charge in [-0.1, -0.05) is 6.92 Å². The number of nitrogen functional groups attached to an aromatic ring is 1. The number of primary sulfonamides is 1. The highest BCUT2D eigenvalue weighted by Gasteiger charge is 2.12. The van der Waals surface area contributed by atoms with Crippen LogP contribution in [0, 0.1) is 0 Å². The fourth-order valence-electron chi connectivity index (χ4n) is 1.34. The summed E-state index contributed by atoms with van der Waals surface area (Å²) in [5.41, 5.74) is 5.66. The molecule has 1 aromatic rings. The molecule has 0 saturated carbocycles. The SMILES string of the molecule is CCCOCCOc1ccc(S(N)(=O)=O)c(N)c1. The Morgan fingerprint density at radius 3 is 2.50 bits per heavy atom. The Balaban J connectivity index is 2.57. The minimum absolute atomic E-state index is 0.0736. The first-order valence-corrected chi connectivity index (χ1v) is 7.12. The van der Waals surface area contributed by atoms with Gasteiger partial charge in [0.25, 0.3) is 0 Å². The van der Waals surface area contributed by atoms with E-state index in [1.54, 1.807) is 0 Å². The van der Waals surface area contributed by atoms with E-state index in [2.05, 4.69) is 0 Å². The van der Waals surface area contributed by atoms with Crippen molar-refractivity contribution in [3.05, 3.63) is 18.2 Å². The molecular weight excluding hydrogens is 256 g/mol. The van der Waals surface area contributed by atoms with Crippen LogP contribution in [0.1, 0.15) is 13.3 Å². The second-order valence-electron chi connectivity index (χ2n) is 3.71. The van der Waals surface area contributed by atoms with Crippen molar-refractivity contribution in [1.29, 1.82) is 0 Å². The van der Waals surface area contributed by atoms with Gasteiger partial charge in [-0.2, -0.15) is 0 Å². The molecule has 0 atom stereocenters. The predicted octanol–water partition coefficient (Wildman–Crippen LogP) is 0.722. The Kier molecular flexibility index (Phi) is 5.39. The Morgan fingerprint density at radius 2 is 1.94 bits per heavy atom. The molecular formula is C11H18N2O4S. The van der Waals surface area contributed by atoms with Gasteiger partial charge < -0.3 is 15.2 Å². The normalized spacial score (nSPS) is 11.4. The van der Waals surface area contributed by atoms with Crippen LogP contribution in [0.5, 0.6) is 5.75 Å². The van der Waals surface area contributed by atoms with Crippen molar-refractivity contribution in [1.82, 2.24) is 0 Å². The predicted molar refractivity (Wildman–Crippen MR) is 68.8 cm³/mol. The molecule has 0 aromatic heterocycles. The summed E-state index contributed by atoms with van der Waals surface area (Å²) in [4.78, 5) is -0.0999. The van der Waals surface area contributed by atoms with E-state index in [0.717, 1.165) is 6.42 Å². The van der Waals surface area contributed by atoms with Gasteiger partial charge in [0.1, 0.15) is 17.3 Å². The van der Waals surface area contributed by atoms with E-state index >= 15 is 0 Å². The second-order valence-corrected chi connectivity index (χ2v) is 5.24. The molecule has 0 aliphatic carbocycles. The van der Waals surface area contributed by atoms with Crippen molar-refractivity contribution in [3.8, 4) is 5.75 Å². The number of nitrogens with two attached hydrogens (primary N) is 2. The summed E-state index contributed by atoms with van der Waals surface area (Å²) in [5, 5.41) is 4.99. The third kappa shape index (κ3) is 4.52. The monoisotopic (exact) mass is 274 g/mol. The zero-order valence-corrected chi connectivity index (χ0v) is 11.1. The number of benzene rings is 1. The lowest BCUT2D eigenvalue weighted by Crippen LogP contribution is -2.14. The van der Waals surface area contributed by atoms with Crippen LogP contribution in [0.3, 0.4) is 0 Å². The molecule has 102 valence electrons.